The van der Waals surface area contributed by atoms with Gasteiger partial charge in [0.2, 0.25) is 0 Å². The molecular formula is C16H14F2N2O4. The molecule has 0 atom stereocenters. The van der Waals surface area contributed by atoms with Crippen LogP contribution < -0.4 is 5.32 Å². The third-order valence-electron chi connectivity index (χ3n) is 3.77. The first-order valence-corrected chi connectivity index (χ1v) is 6.85. The number of carboxylic acids is 1. The normalized spacial score (nSPS) is 10.5. The number of hydrogen-bond acceptors (Lipinski definition) is 3. The zero-order valence-corrected chi connectivity index (χ0v) is 13.1. The minimum Gasteiger partial charge on any atom is -0.475 e. The van der Waals surface area contributed by atoms with E-state index in [2.05, 4.69) is 5.32 Å². The van der Waals surface area contributed by atoms with Gasteiger partial charge < -0.3 is 15.0 Å². The number of benzene rings is 1. The number of ketones is 1. The van der Waals surface area contributed by atoms with Gasteiger partial charge in [0.25, 0.3) is 11.7 Å². The molecular weight excluding hydrogens is 322 g/mol. The summed E-state index contributed by atoms with van der Waals surface area (Å²) >= 11 is 0. The Balaban J connectivity index is 2.41. The van der Waals surface area contributed by atoms with E-state index < -0.39 is 29.3 Å². The molecule has 2 rings (SSSR count). The van der Waals surface area contributed by atoms with E-state index >= 15 is 0 Å². The van der Waals surface area contributed by atoms with Gasteiger partial charge in [-0.15, -0.1) is 0 Å². The van der Waals surface area contributed by atoms with Crippen molar-refractivity contribution in [1.82, 2.24) is 4.57 Å². The number of halogens is 2. The lowest BCUT2D eigenvalue weighted by Crippen LogP contribution is -2.16. The van der Waals surface area contributed by atoms with Crippen LogP contribution in [0, 0.1) is 25.5 Å². The van der Waals surface area contributed by atoms with Crippen LogP contribution in [-0.2, 0) is 11.8 Å². The molecule has 0 aliphatic rings. The molecule has 1 aromatic carbocycles. The maximum atomic E-state index is 13.2. The van der Waals surface area contributed by atoms with Gasteiger partial charge in [-0.1, -0.05) is 0 Å². The van der Waals surface area contributed by atoms with Crippen molar-refractivity contribution in [3.05, 3.63) is 52.2 Å². The summed E-state index contributed by atoms with van der Waals surface area (Å²) < 4.78 is 27.6. The molecule has 0 saturated heterocycles. The number of aliphatic carboxylic acids is 1. The minimum atomic E-state index is -1.61. The van der Waals surface area contributed by atoms with Gasteiger partial charge in [-0.25, -0.2) is 13.6 Å². The van der Waals surface area contributed by atoms with Gasteiger partial charge >= 0.3 is 5.97 Å². The maximum absolute atomic E-state index is 13.2. The maximum Gasteiger partial charge on any atom is 0.377 e. The fraction of sp³-hybridized carbons (Fsp3) is 0.188. The van der Waals surface area contributed by atoms with Crippen molar-refractivity contribution < 1.29 is 28.3 Å². The second-order valence-corrected chi connectivity index (χ2v) is 5.21. The van der Waals surface area contributed by atoms with E-state index in [0.29, 0.717) is 5.69 Å². The second-order valence-electron chi connectivity index (χ2n) is 5.21. The molecule has 0 saturated carbocycles. The lowest BCUT2D eigenvalue weighted by molar-refractivity contribution is -0.131. The quantitative estimate of drug-likeness (QED) is 0.663. The van der Waals surface area contributed by atoms with Crippen LogP contribution in [-0.4, -0.2) is 27.3 Å². The summed E-state index contributed by atoms with van der Waals surface area (Å²) in [5, 5.41) is 11.4. The van der Waals surface area contributed by atoms with Crippen molar-refractivity contribution in [1.29, 1.82) is 0 Å². The lowest BCUT2D eigenvalue weighted by Gasteiger charge is -2.09. The highest BCUT2D eigenvalue weighted by molar-refractivity contribution is 6.40. The van der Waals surface area contributed by atoms with E-state index in [1.54, 1.807) is 7.05 Å². The first-order valence-electron chi connectivity index (χ1n) is 6.85. The molecule has 0 aliphatic heterocycles. The summed E-state index contributed by atoms with van der Waals surface area (Å²) in [5.41, 5.74) is 0.502. The number of carbonyl (C=O) groups excluding carboxylic acids is 2. The largest absolute Gasteiger partial charge is 0.475 e. The Kier molecular flexibility index (Phi) is 4.50. The number of aromatic nitrogens is 1. The van der Waals surface area contributed by atoms with Crippen LogP contribution in [0.25, 0.3) is 0 Å². The predicted molar refractivity (Wildman–Crippen MR) is 81.2 cm³/mol. The van der Waals surface area contributed by atoms with Gasteiger partial charge in [0.05, 0.1) is 5.56 Å². The number of nitrogens with one attached hydrogen (secondary N) is 1. The predicted octanol–water partition coefficient (Wildman–Crippen LogP) is 2.44. The number of amides is 1. The van der Waals surface area contributed by atoms with Crippen LogP contribution in [0.1, 0.15) is 32.0 Å². The molecule has 0 aliphatic carbocycles. The van der Waals surface area contributed by atoms with Crippen molar-refractivity contribution in [3.63, 3.8) is 0 Å². The Morgan fingerprint density at radius 1 is 1.12 bits per heavy atom. The summed E-state index contributed by atoms with van der Waals surface area (Å²) in [6.45, 7) is 3.03. The fourth-order valence-electron chi connectivity index (χ4n) is 2.41. The van der Waals surface area contributed by atoms with E-state index in [9.17, 15) is 23.2 Å². The summed E-state index contributed by atoms with van der Waals surface area (Å²) in [4.78, 5) is 34.9. The van der Waals surface area contributed by atoms with E-state index in [4.69, 9.17) is 5.11 Å². The molecule has 1 amide bonds. The summed E-state index contributed by atoms with van der Waals surface area (Å²) in [6, 6.07) is 2.69. The van der Waals surface area contributed by atoms with Gasteiger partial charge in [-0.3, -0.25) is 9.59 Å². The number of carbonyl (C=O) groups is 3. The highest BCUT2D eigenvalue weighted by Crippen LogP contribution is 2.26. The minimum absolute atomic E-state index is 0.0226. The monoisotopic (exact) mass is 336 g/mol. The van der Waals surface area contributed by atoms with Crippen molar-refractivity contribution >= 4 is 23.5 Å². The van der Waals surface area contributed by atoms with Crippen LogP contribution in [0.5, 0.6) is 0 Å². The molecule has 0 radical (unpaired) electrons. The van der Waals surface area contributed by atoms with E-state index in [1.165, 1.54) is 18.4 Å². The van der Waals surface area contributed by atoms with Crippen molar-refractivity contribution in [2.24, 2.45) is 7.05 Å². The lowest BCUT2D eigenvalue weighted by atomic mass is 10.1. The van der Waals surface area contributed by atoms with Gasteiger partial charge in [0.1, 0.15) is 5.82 Å². The van der Waals surface area contributed by atoms with Crippen LogP contribution in [0.3, 0.4) is 0 Å². The molecule has 126 valence electrons. The Morgan fingerprint density at radius 2 is 1.75 bits per heavy atom. The van der Waals surface area contributed by atoms with Gasteiger partial charge in [-0.05, 0) is 32.0 Å². The van der Waals surface area contributed by atoms with E-state index in [0.717, 1.165) is 18.2 Å². The number of Topliss-reactive ketones (excluding diaryl/α,β-unsaturated/α-hetero) is 1. The Labute approximate surface area is 135 Å². The topological polar surface area (TPSA) is 88.4 Å². The molecule has 8 heteroatoms. The SMILES string of the molecule is Cc1c(C(=O)C(=O)O)c(C)n(C)c1NC(=O)c1ccc(F)c(F)c1. The number of rotatable bonds is 4. The molecule has 6 nitrogen and oxygen atoms in total. The standard InChI is InChI=1S/C16H14F2N2O4/c1-7-12(13(21)16(23)24)8(2)20(3)14(7)19-15(22)9-4-5-10(17)11(18)6-9/h4-6H,1-3H3,(H,19,22)(H,23,24). The van der Waals surface area contributed by atoms with Crippen LogP contribution in [0.4, 0.5) is 14.6 Å². The van der Waals surface area contributed by atoms with Crippen molar-refractivity contribution in [2.75, 3.05) is 5.32 Å². The Bertz CT molecular complexity index is 871. The van der Waals surface area contributed by atoms with Gasteiger partial charge in [0, 0.05) is 23.9 Å². The highest BCUT2D eigenvalue weighted by Gasteiger charge is 2.26. The molecule has 1 aromatic heterocycles. The first-order chi connectivity index (χ1) is 11.1. The first kappa shape index (κ1) is 17.3. The average Bonchev–Trinajstić information content (AvgIpc) is 2.73. The molecule has 0 unspecified atom stereocenters. The molecule has 0 spiro atoms. The van der Waals surface area contributed by atoms with Crippen LogP contribution in [0.2, 0.25) is 0 Å². The Hall–Kier alpha value is -3.03. The van der Waals surface area contributed by atoms with E-state index in [1.807, 2.05) is 0 Å². The Morgan fingerprint density at radius 3 is 2.29 bits per heavy atom. The second kappa shape index (κ2) is 6.23. The van der Waals surface area contributed by atoms with Crippen molar-refractivity contribution in [3.8, 4) is 0 Å². The molecule has 0 bridgehead atoms. The van der Waals surface area contributed by atoms with Crippen LogP contribution >= 0.6 is 0 Å². The molecule has 2 aromatic rings. The third kappa shape index (κ3) is 2.90. The third-order valence-corrected chi connectivity index (χ3v) is 3.77. The van der Waals surface area contributed by atoms with Gasteiger partial charge in [0.15, 0.2) is 11.6 Å². The molecule has 0 fully saturated rings. The zero-order chi connectivity index (χ0) is 18.2. The molecule has 2 N–H and O–H groups in total. The number of carboxylic acid groups (broad SMARTS) is 1. The highest BCUT2D eigenvalue weighted by atomic mass is 19.2. The van der Waals surface area contributed by atoms with Gasteiger partial charge in [-0.2, -0.15) is 0 Å². The molecule has 24 heavy (non-hydrogen) atoms. The summed E-state index contributed by atoms with van der Waals surface area (Å²) in [5.74, 6) is -5.45. The number of nitrogens with zero attached hydrogens (tertiary/aromatic N) is 1. The fourth-order valence-corrected chi connectivity index (χ4v) is 2.41. The number of anilines is 1. The molecule has 1 heterocycles. The summed E-state index contributed by atoms with van der Waals surface area (Å²) in [7, 11) is 1.54. The number of hydrogen-bond donors (Lipinski definition) is 2. The van der Waals surface area contributed by atoms with Crippen molar-refractivity contribution in [2.45, 2.75) is 13.8 Å². The smallest absolute Gasteiger partial charge is 0.377 e. The average molecular weight is 336 g/mol. The van der Waals surface area contributed by atoms with E-state index in [-0.39, 0.29) is 22.5 Å². The summed E-state index contributed by atoms with van der Waals surface area (Å²) in [6.07, 6.45) is 0. The zero-order valence-electron chi connectivity index (χ0n) is 13.1. The van der Waals surface area contributed by atoms with Crippen LogP contribution in [0.15, 0.2) is 18.2 Å².